The van der Waals surface area contributed by atoms with Crippen molar-refractivity contribution >= 4 is 17.5 Å². The Bertz CT molecular complexity index is 1070. The number of nitrogens with one attached hydrogen (secondary N) is 1. The van der Waals surface area contributed by atoms with Crippen LogP contribution in [0.2, 0.25) is 0 Å². The molecule has 7 heteroatoms. The summed E-state index contributed by atoms with van der Waals surface area (Å²) >= 11 is 0. The minimum absolute atomic E-state index is 0.0471. The third-order valence-corrected chi connectivity index (χ3v) is 5.46. The smallest absolute Gasteiger partial charge is 0.317 e. The van der Waals surface area contributed by atoms with Crippen molar-refractivity contribution in [1.82, 2.24) is 10.2 Å². The summed E-state index contributed by atoms with van der Waals surface area (Å²) in [5.41, 5.74) is 3.65. The lowest BCUT2D eigenvalue weighted by Gasteiger charge is -2.18. The molecule has 5 rings (SSSR count). The number of fused-ring (bicyclic) bond motifs is 1. The molecule has 0 saturated carbocycles. The summed E-state index contributed by atoms with van der Waals surface area (Å²) in [4.78, 5) is 17.8. The SMILES string of the molecule is O=C1Cc2ccccc2C(c2ccccc2)=NC1Nc1nnc([C@H]2CCCOC2)o1. The van der Waals surface area contributed by atoms with E-state index in [0.29, 0.717) is 12.5 Å². The van der Waals surface area contributed by atoms with Gasteiger partial charge in [0.25, 0.3) is 0 Å². The number of carbonyl (C=O) groups excluding carboxylic acids is 1. The molecule has 1 N–H and O–H groups in total. The number of carbonyl (C=O) groups is 1. The van der Waals surface area contributed by atoms with E-state index >= 15 is 0 Å². The Morgan fingerprint density at radius 2 is 1.83 bits per heavy atom. The van der Waals surface area contributed by atoms with Gasteiger partial charge in [0, 0.05) is 24.2 Å². The molecule has 0 spiro atoms. The highest BCUT2D eigenvalue weighted by Crippen LogP contribution is 2.26. The number of benzene rings is 2. The molecule has 1 fully saturated rings. The van der Waals surface area contributed by atoms with Crippen molar-refractivity contribution in [2.75, 3.05) is 18.5 Å². The van der Waals surface area contributed by atoms with E-state index < -0.39 is 6.17 Å². The number of ether oxygens (including phenoxy) is 1. The third kappa shape index (κ3) is 3.76. The van der Waals surface area contributed by atoms with Gasteiger partial charge >= 0.3 is 6.01 Å². The largest absolute Gasteiger partial charge is 0.408 e. The van der Waals surface area contributed by atoms with Crippen molar-refractivity contribution in [3.05, 3.63) is 77.2 Å². The number of nitrogens with zero attached hydrogens (tertiary/aromatic N) is 3. The molecule has 1 unspecified atom stereocenters. The van der Waals surface area contributed by atoms with Gasteiger partial charge < -0.3 is 14.5 Å². The van der Waals surface area contributed by atoms with Gasteiger partial charge in [0.2, 0.25) is 5.89 Å². The number of rotatable bonds is 4. The average Bonchev–Trinajstić information content (AvgIpc) is 3.21. The molecule has 1 aromatic heterocycles. The molecule has 2 aliphatic heterocycles. The quantitative estimate of drug-likeness (QED) is 0.720. The van der Waals surface area contributed by atoms with Crippen LogP contribution in [0.15, 0.2) is 64.0 Å². The lowest BCUT2D eigenvalue weighted by Crippen LogP contribution is -2.29. The fourth-order valence-corrected chi connectivity index (χ4v) is 3.91. The number of aliphatic imine (C=N–C) groups is 1. The molecule has 0 aliphatic carbocycles. The van der Waals surface area contributed by atoms with E-state index in [2.05, 4.69) is 15.5 Å². The Labute approximate surface area is 174 Å². The maximum atomic E-state index is 13.0. The Balaban J connectivity index is 1.46. The molecule has 2 aromatic carbocycles. The Hall–Kier alpha value is -3.32. The van der Waals surface area contributed by atoms with Crippen molar-refractivity contribution in [3.8, 4) is 0 Å². The summed E-state index contributed by atoms with van der Waals surface area (Å²) in [5, 5.41) is 11.3. The molecule has 2 atom stereocenters. The van der Waals surface area contributed by atoms with Crippen LogP contribution in [0.1, 0.15) is 41.3 Å². The van der Waals surface area contributed by atoms with E-state index in [1.54, 1.807) is 0 Å². The lowest BCUT2D eigenvalue weighted by molar-refractivity contribution is -0.119. The predicted molar refractivity (Wildman–Crippen MR) is 112 cm³/mol. The number of ketones is 1. The van der Waals surface area contributed by atoms with Gasteiger partial charge in [-0.3, -0.25) is 9.79 Å². The van der Waals surface area contributed by atoms with Crippen LogP contribution in [-0.2, 0) is 16.0 Å². The molecule has 7 nitrogen and oxygen atoms in total. The molecule has 1 saturated heterocycles. The van der Waals surface area contributed by atoms with Crippen LogP contribution in [0, 0.1) is 0 Å². The summed E-state index contributed by atoms with van der Waals surface area (Å²) in [6, 6.07) is 18.0. The summed E-state index contributed by atoms with van der Waals surface area (Å²) < 4.78 is 11.3. The standard InChI is InChI=1S/C23H22N4O3/c28-19-13-16-9-4-5-11-18(16)20(15-7-2-1-3-8-15)24-21(19)25-23-27-26-22(30-23)17-10-6-12-29-14-17/h1-5,7-9,11,17,21H,6,10,12-14H2,(H,25,27)/t17-,21?/m0/s1. The van der Waals surface area contributed by atoms with Crippen LogP contribution in [0.3, 0.4) is 0 Å². The third-order valence-electron chi connectivity index (χ3n) is 5.46. The molecular weight excluding hydrogens is 380 g/mol. The van der Waals surface area contributed by atoms with Crippen molar-refractivity contribution < 1.29 is 13.9 Å². The number of Topliss-reactive ketones (excluding diaryl/α,β-unsaturated/α-hetero) is 1. The van der Waals surface area contributed by atoms with Gasteiger partial charge in [-0.2, -0.15) is 0 Å². The molecule has 3 aromatic rings. The summed E-state index contributed by atoms with van der Waals surface area (Å²) in [5.74, 6) is 0.585. The van der Waals surface area contributed by atoms with Gasteiger partial charge in [0.05, 0.1) is 18.2 Å². The van der Waals surface area contributed by atoms with Crippen LogP contribution >= 0.6 is 0 Å². The molecule has 0 amide bonds. The Morgan fingerprint density at radius 1 is 1.00 bits per heavy atom. The van der Waals surface area contributed by atoms with E-state index in [4.69, 9.17) is 14.1 Å². The topological polar surface area (TPSA) is 89.6 Å². The van der Waals surface area contributed by atoms with Crippen molar-refractivity contribution in [1.29, 1.82) is 0 Å². The van der Waals surface area contributed by atoms with Gasteiger partial charge in [-0.05, 0) is 18.4 Å². The first-order chi connectivity index (χ1) is 14.8. The normalized spacial score (nSPS) is 21.5. The second-order valence-electron chi connectivity index (χ2n) is 7.55. The first kappa shape index (κ1) is 18.7. The second kappa shape index (κ2) is 8.20. The van der Waals surface area contributed by atoms with Crippen LogP contribution in [0.4, 0.5) is 6.01 Å². The number of aromatic nitrogens is 2. The van der Waals surface area contributed by atoms with Gasteiger partial charge in [-0.1, -0.05) is 59.7 Å². The molecule has 2 aliphatic rings. The minimum Gasteiger partial charge on any atom is -0.408 e. The van der Waals surface area contributed by atoms with Crippen molar-refractivity contribution in [3.63, 3.8) is 0 Å². The van der Waals surface area contributed by atoms with E-state index in [1.165, 1.54) is 0 Å². The number of hydrogen-bond acceptors (Lipinski definition) is 7. The van der Waals surface area contributed by atoms with Gasteiger partial charge in [0.15, 0.2) is 11.9 Å². The highest BCUT2D eigenvalue weighted by molar-refractivity contribution is 6.16. The van der Waals surface area contributed by atoms with Gasteiger partial charge in [-0.25, -0.2) is 0 Å². The van der Waals surface area contributed by atoms with Crippen molar-refractivity contribution in [2.45, 2.75) is 31.3 Å². The minimum atomic E-state index is -0.802. The highest BCUT2D eigenvalue weighted by Gasteiger charge is 2.28. The zero-order valence-corrected chi connectivity index (χ0v) is 16.5. The Morgan fingerprint density at radius 3 is 2.67 bits per heavy atom. The van der Waals surface area contributed by atoms with E-state index in [0.717, 1.165) is 41.9 Å². The zero-order valence-electron chi connectivity index (χ0n) is 16.5. The molecule has 30 heavy (non-hydrogen) atoms. The summed E-state index contributed by atoms with van der Waals surface area (Å²) in [6.07, 6.45) is 1.41. The highest BCUT2D eigenvalue weighted by atomic mass is 16.5. The second-order valence-corrected chi connectivity index (χ2v) is 7.55. The first-order valence-corrected chi connectivity index (χ1v) is 10.2. The van der Waals surface area contributed by atoms with E-state index in [-0.39, 0.29) is 24.1 Å². The molecule has 152 valence electrons. The predicted octanol–water partition coefficient (Wildman–Crippen LogP) is 3.36. The maximum Gasteiger partial charge on any atom is 0.317 e. The van der Waals surface area contributed by atoms with Crippen molar-refractivity contribution in [2.24, 2.45) is 4.99 Å². The molecule has 0 bridgehead atoms. The zero-order chi connectivity index (χ0) is 20.3. The monoisotopic (exact) mass is 402 g/mol. The van der Waals surface area contributed by atoms with Gasteiger partial charge in [-0.15, -0.1) is 5.10 Å². The first-order valence-electron chi connectivity index (χ1n) is 10.2. The number of anilines is 1. The molecule has 3 heterocycles. The fourth-order valence-electron chi connectivity index (χ4n) is 3.91. The maximum absolute atomic E-state index is 13.0. The Kier molecular flexibility index (Phi) is 5.11. The van der Waals surface area contributed by atoms with Crippen LogP contribution < -0.4 is 5.32 Å². The van der Waals surface area contributed by atoms with Crippen LogP contribution in [0.25, 0.3) is 0 Å². The van der Waals surface area contributed by atoms with Crippen LogP contribution in [0.5, 0.6) is 0 Å². The average molecular weight is 402 g/mol. The summed E-state index contributed by atoms with van der Waals surface area (Å²) in [7, 11) is 0. The lowest BCUT2D eigenvalue weighted by atomic mass is 9.96. The van der Waals surface area contributed by atoms with Crippen LogP contribution in [-0.4, -0.2) is 41.1 Å². The molecule has 0 radical (unpaired) electrons. The molecular formula is C23H22N4O3. The number of hydrogen-bond donors (Lipinski definition) is 1. The summed E-state index contributed by atoms with van der Waals surface area (Å²) in [6.45, 7) is 1.35. The van der Waals surface area contributed by atoms with E-state index in [1.807, 2.05) is 54.6 Å². The van der Waals surface area contributed by atoms with E-state index in [9.17, 15) is 4.79 Å². The fraction of sp³-hybridized carbons (Fsp3) is 0.304. The van der Waals surface area contributed by atoms with Gasteiger partial charge in [0.1, 0.15) is 0 Å².